The molecule has 0 spiro atoms. The lowest BCUT2D eigenvalue weighted by Crippen LogP contribution is -2.13. The number of carbonyl (C=O) groups excluding carboxylic acids is 1. The molecule has 0 aliphatic heterocycles. The number of halogens is 3. The van der Waals surface area contributed by atoms with Gasteiger partial charge < -0.3 is 5.32 Å². The van der Waals surface area contributed by atoms with Crippen molar-refractivity contribution in [2.24, 2.45) is 12.5 Å². The first-order chi connectivity index (χ1) is 14.8. The van der Waals surface area contributed by atoms with E-state index in [0.29, 0.717) is 5.69 Å². The van der Waals surface area contributed by atoms with Crippen molar-refractivity contribution in [2.45, 2.75) is 27.4 Å². The predicted octanol–water partition coefficient (Wildman–Crippen LogP) is 6.05. The van der Waals surface area contributed by atoms with Gasteiger partial charge in [0.15, 0.2) is 0 Å². The molecule has 7 heteroatoms. The molecule has 1 heterocycles. The van der Waals surface area contributed by atoms with E-state index in [-0.39, 0.29) is 22.6 Å². The lowest BCUT2D eigenvalue weighted by atomic mass is 9.97. The third-order valence-corrected chi connectivity index (χ3v) is 4.23. The number of anilines is 1. The van der Waals surface area contributed by atoms with E-state index < -0.39 is 6.67 Å². The molecule has 0 aliphatic carbocycles. The molecular weight excluding hydrogens is 403 g/mol. The Morgan fingerprint density at radius 2 is 1.74 bits per heavy atom. The number of aromatic nitrogens is 2. The SMILES string of the molecule is Cn1cc(C(=O)Nc2ccccc2-c2ccc(C#CC(C)(C)C)cc2)c(CF)n1.FF. The Morgan fingerprint density at radius 1 is 1.10 bits per heavy atom. The van der Waals surface area contributed by atoms with E-state index in [1.54, 1.807) is 7.05 Å². The average Bonchev–Trinajstić information content (AvgIpc) is 3.15. The molecule has 1 amide bonds. The number of rotatable bonds is 4. The molecule has 0 aliphatic rings. The highest BCUT2D eigenvalue weighted by atomic mass is 20.0. The molecular formula is C24H24F3N3O. The zero-order valence-corrected chi connectivity index (χ0v) is 17.8. The molecule has 31 heavy (non-hydrogen) atoms. The molecule has 2 aromatic carbocycles. The number of benzene rings is 2. The van der Waals surface area contributed by atoms with Crippen molar-refractivity contribution < 1.29 is 18.3 Å². The van der Waals surface area contributed by atoms with Gasteiger partial charge in [0.2, 0.25) is 0 Å². The molecule has 0 radical (unpaired) electrons. The van der Waals surface area contributed by atoms with Crippen LogP contribution in [0, 0.1) is 17.3 Å². The van der Waals surface area contributed by atoms with Crippen LogP contribution in [-0.2, 0) is 13.7 Å². The summed E-state index contributed by atoms with van der Waals surface area (Å²) in [7, 11) is 1.66. The van der Waals surface area contributed by atoms with Crippen molar-refractivity contribution >= 4 is 11.6 Å². The fourth-order valence-electron chi connectivity index (χ4n) is 2.85. The van der Waals surface area contributed by atoms with Crippen LogP contribution in [0.5, 0.6) is 0 Å². The van der Waals surface area contributed by atoms with Gasteiger partial charge in [-0.2, -0.15) is 5.10 Å². The van der Waals surface area contributed by atoms with Gasteiger partial charge in [0.05, 0.1) is 5.56 Å². The highest BCUT2D eigenvalue weighted by Crippen LogP contribution is 2.28. The smallest absolute Gasteiger partial charge is 0.259 e. The van der Waals surface area contributed by atoms with E-state index in [1.807, 2.05) is 48.5 Å². The molecule has 1 aromatic heterocycles. The van der Waals surface area contributed by atoms with Crippen molar-refractivity contribution in [3.63, 3.8) is 0 Å². The molecule has 162 valence electrons. The maximum atomic E-state index is 13.1. The van der Waals surface area contributed by atoms with Crippen LogP contribution in [-0.4, -0.2) is 15.7 Å². The van der Waals surface area contributed by atoms with Crippen molar-refractivity contribution in [2.75, 3.05) is 5.32 Å². The molecule has 4 nitrogen and oxygen atoms in total. The van der Waals surface area contributed by atoms with Gasteiger partial charge in [0.1, 0.15) is 12.4 Å². The van der Waals surface area contributed by atoms with Crippen LogP contribution in [0.15, 0.2) is 54.7 Å². The Bertz CT molecular complexity index is 1090. The molecule has 0 saturated carbocycles. The lowest BCUT2D eigenvalue weighted by molar-refractivity contribution is 0.102. The largest absolute Gasteiger partial charge is 0.321 e. The fourth-order valence-corrected chi connectivity index (χ4v) is 2.85. The number of alkyl halides is 1. The number of hydrogen-bond acceptors (Lipinski definition) is 2. The van der Waals surface area contributed by atoms with Crippen LogP contribution < -0.4 is 5.32 Å². The van der Waals surface area contributed by atoms with Crippen LogP contribution >= 0.6 is 0 Å². The molecule has 0 unspecified atom stereocenters. The number of nitrogens with one attached hydrogen (secondary N) is 1. The second-order valence-corrected chi connectivity index (χ2v) is 7.87. The number of carbonyl (C=O) groups is 1. The summed E-state index contributed by atoms with van der Waals surface area (Å²) in [5, 5.41) is 6.87. The van der Waals surface area contributed by atoms with Gasteiger partial charge in [-0.1, -0.05) is 42.2 Å². The van der Waals surface area contributed by atoms with Crippen LogP contribution in [0.2, 0.25) is 0 Å². The number of amides is 1. The summed E-state index contributed by atoms with van der Waals surface area (Å²) in [6.45, 7) is 5.43. The lowest BCUT2D eigenvalue weighted by Gasteiger charge is -2.11. The van der Waals surface area contributed by atoms with Gasteiger partial charge in [0, 0.05) is 44.6 Å². The summed E-state index contributed by atoms with van der Waals surface area (Å²) in [5.74, 6) is 6.02. The van der Waals surface area contributed by atoms with E-state index in [0.717, 1.165) is 16.7 Å². The zero-order chi connectivity index (χ0) is 23.0. The third-order valence-electron chi connectivity index (χ3n) is 4.23. The highest BCUT2D eigenvalue weighted by Gasteiger charge is 2.17. The summed E-state index contributed by atoms with van der Waals surface area (Å²) >= 11 is 0. The Balaban J connectivity index is 0.00000166. The number of nitrogens with zero attached hydrogens (tertiary/aromatic N) is 2. The van der Waals surface area contributed by atoms with Gasteiger partial charge in [-0.25, -0.2) is 4.39 Å². The monoisotopic (exact) mass is 427 g/mol. The Labute approximate surface area is 180 Å². The summed E-state index contributed by atoms with van der Waals surface area (Å²) in [6.07, 6.45) is 1.52. The number of para-hydroxylation sites is 1. The predicted molar refractivity (Wildman–Crippen MR) is 116 cm³/mol. The topological polar surface area (TPSA) is 46.9 Å². The van der Waals surface area contributed by atoms with Crippen LogP contribution in [0.3, 0.4) is 0 Å². The second-order valence-electron chi connectivity index (χ2n) is 7.87. The molecule has 1 N–H and O–H groups in total. The normalized spacial score (nSPS) is 10.4. The van der Waals surface area contributed by atoms with Crippen molar-refractivity contribution in [1.29, 1.82) is 0 Å². The molecule has 3 aromatic rings. The first-order valence-electron chi connectivity index (χ1n) is 9.53. The van der Waals surface area contributed by atoms with E-state index >= 15 is 0 Å². The van der Waals surface area contributed by atoms with Gasteiger partial charge >= 0.3 is 0 Å². The minimum atomic E-state index is -0.789. The van der Waals surface area contributed by atoms with Crippen molar-refractivity contribution in [3.8, 4) is 23.0 Å². The maximum Gasteiger partial charge on any atom is 0.259 e. The molecule has 0 fully saturated rings. The fraction of sp³-hybridized carbons (Fsp3) is 0.250. The Morgan fingerprint density at radius 3 is 2.35 bits per heavy atom. The van der Waals surface area contributed by atoms with Gasteiger partial charge in [-0.3, -0.25) is 9.48 Å². The molecule has 0 bridgehead atoms. The molecule has 3 rings (SSSR count). The summed E-state index contributed by atoms with van der Waals surface area (Å²) in [6, 6.07) is 15.4. The first-order valence-corrected chi connectivity index (χ1v) is 9.53. The standard InChI is InChI=1S/C24H24FN3O.F2/c1-24(2,3)14-13-17-9-11-18(12-10-17)19-7-5-6-8-21(19)26-23(29)20-16-28(4)27-22(20)15-25;1-2/h5-12,16H,15H2,1-4H3,(H,26,29);. The molecule has 0 saturated heterocycles. The summed E-state index contributed by atoms with van der Waals surface area (Å²) in [4.78, 5) is 12.7. The van der Waals surface area contributed by atoms with Crippen LogP contribution in [0.4, 0.5) is 19.2 Å². The maximum absolute atomic E-state index is 13.1. The minimum Gasteiger partial charge on any atom is -0.321 e. The van der Waals surface area contributed by atoms with Crippen molar-refractivity contribution in [3.05, 3.63) is 71.5 Å². The Kier molecular flexibility index (Phi) is 8.03. The van der Waals surface area contributed by atoms with E-state index in [2.05, 4.69) is 43.0 Å². The number of aryl methyl sites for hydroxylation is 1. The Hall–Kier alpha value is -3.53. The zero-order valence-electron chi connectivity index (χ0n) is 17.8. The van der Waals surface area contributed by atoms with Crippen LogP contribution in [0.1, 0.15) is 42.4 Å². The quantitative estimate of drug-likeness (QED) is 0.516. The van der Waals surface area contributed by atoms with E-state index in [1.165, 1.54) is 10.9 Å². The third kappa shape index (κ3) is 6.48. The van der Waals surface area contributed by atoms with Crippen LogP contribution in [0.25, 0.3) is 11.1 Å². The van der Waals surface area contributed by atoms with Crippen molar-refractivity contribution in [1.82, 2.24) is 9.78 Å². The number of hydrogen-bond donors (Lipinski definition) is 1. The van der Waals surface area contributed by atoms with Gasteiger partial charge in [0.25, 0.3) is 5.91 Å². The highest BCUT2D eigenvalue weighted by molar-refractivity contribution is 6.06. The van der Waals surface area contributed by atoms with Gasteiger partial charge in [-0.15, -0.1) is 0 Å². The van der Waals surface area contributed by atoms with E-state index in [4.69, 9.17) is 9.15 Å². The second kappa shape index (κ2) is 10.5. The summed E-state index contributed by atoms with van der Waals surface area (Å²) in [5.41, 5.74) is 3.73. The van der Waals surface area contributed by atoms with E-state index in [9.17, 15) is 9.18 Å². The molecule has 0 atom stereocenters. The average molecular weight is 427 g/mol. The van der Waals surface area contributed by atoms with Gasteiger partial charge in [-0.05, 0) is 44.5 Å². The minimum absolute atomic E-state index is 0.0552. The first kappa shape index (κ1) is 23.7. The summed E-state index contributed by atoms with van der Waals surface area (Å²) < 4.78 is 30.6.